The molecule has 1 atom stereocenters. The van der Waals surface area contributed by atoms with Gasteiger partial charge in [-0.2, -0.15) is 0 Å². The SMILES string of the molecule is CCCC(C)COc1ccc(OC(F)(F)F)c(Br)c1. The number of hydrogen-bond donors (Lipinski definition) is 0. The lowest BCUT2D eigenvalue weighted by Gasteiger charge is -2.14. The van der Waals surface area contributed by atoms with Gasteiger partial charge in [-0.25, -0.2) is 0 Å². The minimum absolute atomic E-state index is 0.213. The van der Waals surface area contributed by atoms with E-state index >= 15 is 0 Å². The number of benzene rings is 1. The van der Waals surface area contributed by atoms with Gasteiger partial charge in [-0.15, -0.1) is 13.2 Å². The molecule has 108 valence electrons. The number of ether oxygens (including phenoxy) is 2. The van der Waals surface area contributed by atoms with Crippen molar-refractivity contribution >= 4 is 15.9 Å². The Balaban J connectivity index is 2.61. The monoisotopic (exact) mass is 340 g/mol. The predicted molar refractivity (Wildman–Crippen MR) is 70.4 cm³/mol. The number of alkyl halides is 3. The zero-order valence-electron chi connectivity index (χ0n) is 10.8. The van der Waals surface area contributed by atoms with E-state index in [1.165, 1.54) is 18.2 Å². The van der Waals surface area contributed by atoms with Crippen molar-refractivity contribution in [2.24, 2.45) is 5.92 Å². The summed E-state index contributed by atoms with van der Waals surface area (Å²) >= 11 is 3.03. The van der Waals surface area contributed by atoms with Crippen LogP contribution in [0.2, 0.25) is 0 Å². The van der Waals surface area contributed by atoms with Crippen LogP contribution in [0.25, 0.3) is 0 Å². The van der Waals surface area contributed by atoms with E-state index < -0.39 is 6.36 Å². The molecule has 0 aliphatic heterocycles. The third-order valence-electron chi connectivity index (χ3n) is 2.45. The summed E-state index contributed by atoms with van der Waals surface area (Å²) in [5.74, 6) is 0.653. The second-order valence-corrected chi connectivity index (χ2v) is 5.20. The molecule has 0 saturated carbocycles. The third kappa shape index (κ3) is 6.18. The number of rotatable bonds is 6. The zero-order valence-corrected chi connectivity index (χ0v) is 12.3. The molecule has 1 aromatic rings. The van der Waals surface area contributed by atoms with Crippen LogP contribution in [-0.4, -0.2) is 13.0 Å². The second kappa shape index (κ2) is 7.03. The average molecular weight is 341 g/mol. The van der Waals surface area contributed by atoms with Gasteiger partial charge in [-0.05, 0) is 46.5 Å². The summed E-state index contributed by atoms with van der Waals surface area (Å²) in [7, 11) is 0. The van der Waals surface area contributed by atoms with E-state index in [0.29, 0.717) is 18.3 Å². The molecule has 0 bridgehead atoms. The van der Waals surface area contributed by atoms with E-state index in [4.69, 9.17) is 4.74 Å². The highest BCUT2D eigenvalue weighted by atomic mass is 79.9. The molecule has 1 aromatic carbocycles. The van der Waals surface area contributed by atoms with Crippen molar-refractivity contribution in [2.75, 3.05) is 6.61 Å². The summed E-state index contributed by atoms with van der Waals surface area (Å²) in [5, 5.41) is 0. The van der Waals surface area contributed by atoms with E-state index in [1.807, 2.05) is 0 Å². The Morgan fingerprint density at radius 1 is 1.32 bits per heavy atom. The Hall–Kier alpha value is -0.910. The standard InChI is InChI=1S/C13H16BrF3O2/c1-3-4-9(2)8-18-10-5-6-12(11(14)7-10)19-13(15,16)17/h5-7,9H,3-4,8H2,1-2H3. The van der Waals surface area contributed by atoms with Crippen molar-refractivity contribution in [2.45, 2.75) is 33.1 Å². The van der Waals surface area contributed by atoms with E-state index in [2.05, 4.69) is 34.5 Å². The summed E-state index contributed by atoms with van der Waals surface area (Å²) in [6, 6.07) is 4.17. The number of hydrogen-bond acceptors (Lipinski definition) is 2. The maximum atomic E-state index is 12.1. The molecule has 0 radical (unpaired) electrons. The number of halogens is 4. The van der Waals surface area contributed by atoms with Gasteiger partial charge in [0.05, 0.1) is 11.1 Å². The van der Waals surface area contributed by atoms with Crippen LogP contribution < -0.4 is 9.47 Å². The van der Waals surface area contributed by atoms with Gasteiger partial charge < -0.3 is 9.47 Å². The lowest BCUT2D eigenvalue weighted by molar-refractivity contribution is -0.274. The molecule has 1 rings (SSSR count). The summed E-state index contributed by atoms with van der Waals surface area (Å²) < 4.78 is 45.8. The molecular formula is C13H16BrF3O2. The Labute approximate surface area is 119 Å². The molecule has 0 fully saturated rings. The van der Waals surface area contributed by atoms with Crippen LogP contribution in [0, 0.1) is 5.92 Å². The van der Waals surface area contributed by atoms with Gasteiger partial charge in [0.25, 0.3) is 0 Å². The molecular weight excluding hydrogens is 325 g/mol. The van der Waals surface area contributed by atoms with Gasteiger partial charge >= 0.3 is 6.36 Å². The van der Waals surface area contributed by atoms with Crippen LogP contribution in [0.4, 0.5) is 13.2 Å². The Bertz CT molecular complexity index is 407. The first-order chi connectivity index (χ1) is 8.81. The third-order valence-corrected chi connectivity index (χ3v) is 3.06. The van der Waals surface area contributed by atoms with Crippen molar-refractivity contribution in [3.63, 3.8) is 0 Å². The van der Waals surface area contributed by atoms with Gasteiger partial charge in [0.1, 0.15) is 11.5 Å². The second-order valence-electron chi connectivity index (χ2n) is 4.34. The molecule has 0 saturated heterocycles. The maximum absolute atomic E-state index is 12.1. The van der Waals surface area contributed by atoms with Crippen LogP contribution in [0.5, 0.6) is 11.5 Å². The highest BCUT2D eigenvalue weighted by Gasteiger charge is 2.31. The van der Waals surface area contributed by atoms with Crippen LogP contribution >= 0.6 is 15.9 Å². The van der Waals surface area contributed by atoms with Crippen molar-refractivity contribution in [1.82, 2.24) is 0 Å². The summed E-state index contributed by atoms with van der Waals surface area (Å²) in [6.45, 7) is 4.70. The van der Waals surface area contributed by atoms with E-state index in [9.17, 15) is 13.2 Å². The maximum Gasteiger partial charge on any atom is 0.573 e. The van der Waals surface area contributed by atoms with Crippen molar-refractivity contribution < 1.29 is 22.6 Å². The molecule has 0 aromatic heterocycles. The first-order valence-electron chi connectivity index (χ1n) is 6.00. The van der Waals surface area contributed by atoms with Gasteiger partial charge in [-0.1, -0.05) is 20.3 Å². The molecule has 0 heterocycles. The van der Waals surface area contributed by atoms with Crippen molar-refractivity contribution in [1.29, 1.82) is 0 Å². The van der Waals surface area contributed by atoms with Crippen molar-refractivity contribution in [3.8, 4) is 11.5 Å². The minimum Gasteiger partial charge on any atom is -0.493 e. The largest absolute Gasteiger partial charge is 0.573 e. The molecule has 0 spiro atoms. The first-order valence-corrected chi connectivity index (χ1v) is 6.79. The highest BCUT2D eigenvalue weighted by molar-refractivity contribution is 9.10. The lowest BCUT2D eigenvalue weighted by atomic mass is 10.1. The molecule has 0 aliphatic rings. The first kappa shape index (κ1) is 16.1. The van der Waals surface area contributed by atoms with Crippen LogP contribution in [0.15, 0.2) is 22.7 Å². The fourth-order valence-corrected chi connectivity index (χ4v) is 2.03. The molecule has 6 heteroatoms. The van der Waals surface area contributed by atoms with Crippen LogP contribution in [0.1, 0.15) is 26.7 Å². The van der Waals surface area contributed by atoms with Crippen LogP contribution in [0.3, 0.4) is 0 Å². The summed E-state index contributed by atoms with van der Waals surface area (Å²) in [4.78, 5) is 0. The Kier molecular flexibility index (Phi) is 5.97. The Morgan fingerprint density at radius 2 is 2.00 bits per heavy atom. The lowest BCUT2D eigenvalue weighted by Crippen LogP contribution is -2.17. The Morgan fingerprint density at radius 3 is 2.53 bits per heavy atom. The minimum atomic E-state index is -4.69. The smallest absolute Gasteiger partial charge is 0.493 e. The van der Waals surface area contributed by atoms with Gasteiger partial charge in [0.15, 0.2) is 0 Å². The fraction of sp³-hybridized carbons (Fsp3) is 0.538. The highest BCUT2D eigenvalue weighted by Crippen LogP contribution is 2.33. The summed E-state index contributed by atoms with van der Waals surface area (Å²) in [6.07, 6.45) is -2.57. The quantitative estimate of drug-likeness (QED) is 0.711. The topological polar surface area (TPSA) is 18.5 Å². The fourth-order valence-electron chi connectivity index (χ4n) is 1.59. The van der Waals surface area contributed by atoms with Gasteiger partial charge in [0, 0.05) is 0 Å². The van der Waals surface area contributed by atoms with Crippen molar-refractivity contribution in [3.05, 3.63) is 22.7 Å². The molecule has 0 amide bonds. The molecule has 0 aliphatic carbocycles. The van der Waals surface area contributed by atoms with Gasteiger partial charge in [0.2, 0.25) is 0 Å². The molecule has 0 N–H and O–H groups in total. The molecule has 2 nitrogen and oxygen atoms in total. The molecule has 19 heavy (non-hydrogen) atoms. The van der Waals surface area contributed by atoms with E-state index in [1.54, 1.807) is 0 Å². The van der Waals surface area contributed by atoms with E-state index in [-0.39, 0.29) is 10.2 Å². The average Bonchev–Trinajstić information content (AvgIpc) is 2.28. The molecule has 1 unspecified atom stereocenters. The predicted octanol–water partition coefficient (Wildman–Crippen LogP) is 5.16. The zero-order chi connectivity index (χ0) is 14.5. The summed E-state index contributed by atoms with van der Waals surface area (Å²) in [5.41, 5.74) is 0. The van der Waals surface area contributed by atoms with E-state index in [0.717, 1.165) is 12.8 Å². The normalized spacial score (nSPS) is 13.2. The van der Waals surface area contributed by atoms with Crippen LogP contribution in [-0.2, 0) is 0 Å². The van der Waals surface area contributed by atoms with Gasteiger partial charge in [-0.3, -0.25) is 0 Å².